The summed E-state index contributed by atoms with van der Waals surface area (Å²) >= 11 is 0. The van der Waals surface area contributed by atoms with Crippen LogP contribution in [0.25, 0.3) is 0 Å². The van der Waals surface area contributed by atoms with E-state index < -0.39 is 5.97 Å². The molecule has 1 aromatic carbocycles. The van der Waals surface area contributed by atoms with Crippen LogP contribution in [0.5, 0.6) is 0 Å². The molecule has 0 atom stereocenters. The number of aromatic nitrogens is 2. The minimum absolute atomic E-state index is 0.145. The van der Waals surface area contributed by atoms with Gasteiger partial charge in [-0.15, -0.1) is 0 Å². The number of nitrogens with zero attached hydrogens (tertiary/aromatic N) is 3. The Kier molecular flexibility index (Phi) is 4.38. The van der Waals surface area contributed by atoms with Crippen LogP contribution in [0.3, 0.4) is 0 Å². The fourth-order valence-electron chi connectivity index (χ4n) is 3.14. The van der Waals surface area contributed by atoms with Gasteiger partial charge >= 0.3 is 5.97 Å². The summed E-state index contributed by atoms with van der Waals surface area (Å²) in [5, 5.41) is 8.92. The van der Waals surface area contributed by atoms with E-state index in [-0.39, 0.29) is 11.5 Å². The van der Waals surface area contributed by atoms with Gasteiger partial charge in [0.2, 0.25) is 0 Å². The highest BCUT2D eigenvalue weighted by atomic mass is 16.4. The molecule has 0 saturated carbocycles. The summed E-state index contributed by atoms with van der Waals surface area (Å²) in [5.41, 5.74) is 3.08. The first-order chi connectivity index (χ1) is 11.5. The lowest BCUT2D eigenvalue weighted by atomic mass is 10.0. The molecule has 0 spiro atoms. The van der Waals surface area contributed by atoms with Crippen molar-refractivity contribution in [2.75, 3.05) is 7.05 Å². The number of fused-ring (bicyclic) bond motifs is 1. The smallest absolute Gasteiger partial charge is 0.335 e. The lowest BCUT2D eigenvalue weighted by Gasteiger charge is -2.17. The van der Waals surface area contributed by atoms with Crippen molar-refractivity contribution >= 4 is 11.9 Å². The number of amides is 1. The van der Waals surface area contributed by atoms with Gasteiger partial charge in [0.15, 0.2) is 0 Å². The lowest BCUT2D eigenvalue weighted by Crippen LogP contribution is -2.27. The number of hydrogen-bond acceptors (Lipinski definition) is 3. The Balaban J connectivity index is 1.74. The minimum atomic E-state index is -0.999. The highest BCUT2D eigenvalue weighted by Gasteiger charge is 2.20. The number of aromatic carboxylic acids is 1. The van der Waals surface area contributed by atoms with E-state index in [1.165, 1.54) is 30.7 Å². The normalized spacial score (nSPS) is 13.4. The molecule has 0 bridgehead atoms. The first kappa shape index (κ1) is 16.2. The highest BCUT2D eigenvalue weighted by molar-refractivity contribution is 5.95. The highest BCUT2D eigenvalue weighted by Crippen LogP contribution is 2.22. The van der Waals surface area contributed by atoms with Crippen molar-refractivity contribution in [1.29, 1.82) is 0 Å². The summed E-state index contributed by atoms with van der Waals surface area (Å²) in [6.07, 6.45) is 4.43. The summed E-state index contributed by atoms with van der Waals surface area (Å²) in [6.45, 7) is 0.434. The molecule has 1 heterocycles. The average molecular weight is 327 g/mol. The molecule has 0 saturated heterocycles. The number of imidazole rings is 1. The van der Waals surface area contributed by atoms with Crippen LogP contribution in [-0.2, 0) is 26.4 Å². The van der Waals surface area contributed by atoms with Crippen molar-refractivity contribution in [2.24, 2.45) is 7.05 Å². The van der Waals surface area contributed by atoms with E-state index in [9.17, 15) is 9.59 Å². The topological polar surface area (TPSA) is 75.4 Å². The van der Waals surface area contributed by atoms with E-state index in [2.05, 4.69) is 4.57 Å². The molecule has 6 nitrogen and oxygen atoms in total. The molecule has 1 aliphatic rings. The van der Waals surface area contributed by atoms with E-state index in [0.717, 1.165) is 24.4 Å². The summed E-state index contributed by atoms with van der Waals surface area (Å²) in [5.74, 6) is -0.256. The van der Waals surface area contributed by atoms with Crippen LogP contribution in [0.1, 0.15) is 50.8 Å². The Hall–Kier alpha value is -2.63. The maximum absolute atomic E-state index is 12.5. The Morgan fingerprint density at radius 1 is 1.17 bits per heavy atom. The van der Waals surface area contributed by atoms with Gasteiger partial charge in [-0.1, -0.05) is 0 Å². The number of aryl methyl sites for hydroxylation is 1. The lowest BCUT2D eigenvalue weighted by molar-refractivity contribution is 0.0695. The zero-order chi connectivity index (χ0) is 17.3. The summed E-state index contributed by atoms with van der Waals surface area (Å²) in [4.78, 5) is 29.7. The van der Waals surface area contributed by atoms with Gasteiger partial charge in [0.25, 0.3) is 5.91 Å². The number of carboxylic acids is 1. The Morgan fingerprint density at radius 3 is 2.42 bits per heavy atom. The second kappa shape index (κ2) is 6.47. The zero-order valence-electron chi connectivity index (χ0n) is 14.0. The van der Waals surface area contributed by atoms with Gasteiger partial charge in [0.1, 0.15) is 5.82 Å². The van der Waals surface area contributed by atoms with E-state index >= 15 is 0 Å². The molecule has 1 amide bonds. The number of carboxylic acid groups (broad SMARTS) is 1. The summed E-state index contributed by atoms with van der Waals surface area (Å²) in [7, 11) is 3.74. The second-order valence-electron chi connectivity index (χ2n) is 6.23. The van der Waals surface area contributed by atoms with Crippen LogP contribution in [0.2, 0.25) is 0 Å². The van der Waals surface area contributed by atoms with E-state index in [4.69, 9.17) is 10.1 Å². The van der Waals surface area contributed by atoms with Crippen LogP contribution in [-0.4, -0.2) is 38.5 Å². The predicted octanol–water partition coefficient (Wildman–Crippen LogP) is 2.27. The third-order valence-corrected chi connectivity index (χ3v) is 4.57. The van der Waals surface area contributed by atoms with Gasteiger partial charge in [-0.3, -0.25) is 4.79 Å². The Bertz CT molecular complexity index is 778. The average Bonchev–Trinajstić information content (AvgIpc) is 2.90. The summed E-state index contributed by atoms with van der Waals surface area (Å²) < 4.78 is 2.10. The molecular weight excluding hydrogens is 306 g/mol. The van der Waals surface area contributed by atoms with Gasteiger partial charge < -0.3 is 14.6 Å². The van der Waals surface area contributed by atoms with Crippen molar-refractivity contribution in [3.05, 3.63) is 52.6 Å². The van der Waals surface area contributed by atoms with Crippen LogP contribution < -0.4 is 0 Å². The van der Waals surface area contributed by atoms with Crippen LogP contribution in [0, 0.1) is 0 Å². The van der Waals surface area contributed by atoms with Gasteiger partial charge in [-0.05, 0) is 49.9 Å². The summed E-state index contributed by atoms with van der Waals surface area (Å²) in [6, 6.07) is 5.99. The van der Waals surface area contributed by atoms with E-state index in [1.807, 2.05) is 7.05 Å². The van der Waals surface area contributed by atoms with Crippen molar-refractivity contribution in [1.82, 2.24) is 14.5 Å². The molecule has 0 unspecified atom stereocenters. The third-order valence-electron chi connectivity index (χ3n) is 4.57. The molecule has 6 heteroatoms. The molecule has 1 aromatic heterocycles. The fourth-order valence-corrected chi connectivity index (χ4v) is 3.14. The minimum Gasteiger partial charge on any atom is -0.478 e. The molecule has 3 rings (SSSR count). The Morgan fingerprint density at radius 2 is 1.79 bits per heavy atom. The maximum Gasteiger partial charge on any atom is 0.335 e. The predicted molar refractivity (Wildman–Crippen MR) is 89.0 cm³/mol. The standard InChI is InChI=1S/C18H21N3O3/c1-20(17(22)12-7-9-13(10-8-12)18(23)24)11-16-19-14-5-3-4-6-15(14)21(16)2/h7-10H,3-6,11H2,1-2H3,(H,23,24). The number of hydrogen-bond donors (Lipinski definition) is 1. The molecule has 126 valence electrons. The quantitative estimate of drug-likeness (QED) is 0.935. The molecule has 1 N–H and O–H groups in total. The number of carbonyl (C=O) groups excluding carboxylic acids is 1. The molecule has 0 aliphatic heterocycles. The van der Waals surface area contributed by atoms with Crippen molar-refractivity contribution in [2.45, 2.75) is 32.2 Å². The van der Waals surface area contributed by atoms with E-state index in [1.54, 1.807) is 24.1 Å². The SMILES string of the molecule is CN(Cc1nc2c(n1C)CCCC2)C(=O)c1ccc(C(=O)O)cc1. The first-order valence-electron chi connectivity index (χ1n) is 8.09. The molecule has 1 aliphatic carbocycles. The Labute approximate surface area is 140 Å². The molecular formula is C18H21N3O3. The maximum atomic E-state index is 12.5. The largest absolute Gasteiger partial charge is 0.478 e. The second-order valence-corrected chi connectivity index (χ2v) is 6.23. The van der Waals surface area contributed by atoms with Gasteiger partial charge in [0.05, 0.1) is 17.8 Å². The van der Waals surface area contributed by atoms with E-state index in [0.29, 0.717) is 12.1 Å². The van der Waals surface area contributed by atoms with Gasteiger partial charge in [0, 0.05) is 25.4 Å². The van der Waals surface area contributed by atoms with Gasteiger partial charge in [-0.25, -0.2) is 9.78 Å². The monoisotopic (exact) mass is 327 g/mol. The molecule has 0 fully saturated rings. The fraction of sp³-hybridized carbons (Fsp3) is 0.389. The molecule has 24 heavy (non-hydrogen) atoms. The number of carbonyl (C=O) groups is 2. The van der Waals surface area contributed by atoms with Crippen molar-refractivity contribution < 1.29 is 14.7 Å². The molecule has 2 aromatic rings. The third kappa shape index (κ3) is 3.04. The first-order valence-corrected chi connectivity index (χ1v) is 8.09. The van der Waals surface area contributed by atoms with Crippen LogP contribution in [0.15, 0.2) is 24.3 Å². The van der Waals surface area contributed by atoms with Crippen LogP contribution >= 0.6 is 0 Å². The molecule has 0 radical (unpaired) electrons. The number of benzene rings is 1. The zero-order valence-corrected chi connectivity index (χ0v) is 14.0. The van der Waals surface area contributed by atoms with Crippen LogP contribution in [0.4, 0.5) is 0 Å². The number of rotatable bonds is 4. The van der Waals surface area contributed by atoms with Crippen molar-refractivity contribution in [3.8, 4) is 0 Å². The van der Waals surface area contributed by atoms with Crippen molar-refractivity contribution in [3.63, 3.8) is 0 Å². The van der Waals surface area contributed by atoms with Gasteiger partial charge in [-0.2, -0.15) is 0 Å².